The maximum atomic E-state index is 11.9. The summed E-state index contributed by atoms with van der Waals surface area (Å²) in [5, 5.41) is 3.17. The molecule has 5 heteroatoms. The Balaban J connectivity index is 3.03. The lowest BCUT2D eigenvalue weighted by Crippen LogP contribution is -2.44. The largest absolute Gasteiger partial charge is 0.467 e. The minimum absolute atomic E-state index is 0.285. The summed E-state index contributed by atoms with van der Waals surface area (Å²) < 4.78 is 4.86. The summed E-state index contributed by atoms with van der Waals surface area (Å²) in [6, 6.07) is 0. The molecular formula is C13H21N3O2. The minimum atomic E-state index is -0.767. The van der Waals surface area contributed by atoms with Crippen LogP contribution in [0.15, 0.2) is 6.20 Å². The van der Waals surface area contributed by atoms with E-state index in [1.165, 1.54) is 7.11 Å². The summed E-state index contributed by atoms with van der Waals surface area (Å²) in [6.07, 6.45) is 3.25. The first-order chi connectivity index (χ1) is 8.42. The summed E-state index contributed by atoms with van der Waals surface area (Å²) in [4.78, 5) is 20.5. The SMILES string of the molecule is CCCC(C)(Nc1nc(C)cnc1C)C(=O)OC. The second-order valence-electron chi connectivity index (χ2n) is 4.64. The minimum Gasteiger partial charge on any atom is -0.467 e. The number of nitrogens with one attached hydrogen (secondary N) is 1. The van der Waals surface area contributed by atoms with Crippen molar-refractivity contribution in [1.82, 2.24) is 9.97 Å². The predicted molar refractivity (Wildman–Crippen MR) is 70.5 cm³/mol. The van der Waals surface area contributed by atoms with Gasteiger partial charge in [0.25, 0.3) is 0 Å². The van der Waals surface area contributed by atoms with Gasteiger partial charge in [0.1, 0.15) is 11.4 Å². The molecule has 0 fully saturated rings. The predicted octanol–water partition coefficient (Wildman–Crippen LogP) is 2.24. The van der Waals surface area contributed by atoms with Crippen LogP contribution in [0.4, 0.5) is 5.82 Å². The van der Waals surface area contributed by atoms with Crippen LogP contribution in [0.25, 0.3) is 0 Å². The van der Waals surface area contributed by atoms with E-state index in [-0.39, 0.29) is 5.97 Å². The molecule has 1 N–H and O–H groups in total. The van der Waals surface area contributed by atoms with Gasteiger partial charge in [-0.05, 0) is 27.2 Å². The van der Waals surface area contributed by atoms with Crippen molar-refractivity contribution in [3.05, 3.63) is 17.6 Å². The molecule has 5 nitrogen and oxygen atoms in total. The number of rotatable bonds is 5. The number of anilines is 1. The maximum Gasteiger partial charge on any atom is 0.331 e. The Bertz CT molecular complexity index is 434. The van der Waals surface area contributed by atoms with Crippen molar-refractivity contribution in [3.8, 4) is 0 Å². The van der Waals surface area contributed by atoms with Crippen LogP contribution in [0.2, 0.25) is 0 Å². The molecule has 0 saturated carbocycles. The Morgan fingerprint density at radius 2 is 2.17 bits per heavy atom. The van der Waals surface area contributed by atoms with Gasteiger partial charge in [-0.15, -0.1) is 0 Å². The van der Waals surface area contributed by atoms with Gasteiger partial charge in [-0.2, -0.15) is 0 Å². The quantitative estimate of drug-likeness (QED) is 0.813. The molecular weight excluding hydrogens is 230 g/mol. The maximum absolute atomic E-state index is 11.9. The third kappa shape index (κ3) is 3.18. The van der Waals surface area contributed by atoms with Crippen molar-refractivity contribution in [1.29, 1.82) is 0 Å². The third-order valence-electron chi connectivity index (χ3n) is 2.86. The van der Waals surface area contributed by atoms with E-state index in [1.807, 2.05) is 27.7 Å². The number of hydrogen-bond donors (Lipinski definition) is 1. The molecule has 0 aliphatic rings. The van der Waals surface area contributed by atoms with Gasteiger partial charge in [0.15, 0.2) is 0 Å². The van der Waals surface area contributed by atoms with Crippen LogP contribution in [0, 0.1) is 13.8 Å². The van der Waals surface area contributed by atoms with Crippen LogP contribution < -0.4 is 5.32 Å². The average molecular weight is 251 g/mol. The highest BCUT2D eigenvalue weighted by molar-refractivity contribution is 5.83. The lowest BCUT2D eigenvalue weighted by atomic mass is 9.96. The fourth-order valence-electron chi connectivity index (χ4n) is 1.86. The van der Waals surface area contributed by atoms with Crippen molar-refractivity contribution >= 4 is 11.8 Å². The fraction of sp³-hybridized carbons (Fsp3) is 0.615. The standard InChI is InChI=1S/C13H21N3O2/c1-6-7-13(4,12(17)18-5)16-11-10(3)14-8-9(2)15-11/h8H,6-7H2,1-5H3,(H,15,16). The van der Waals surface area contributed by atoms with Crippen molar-refractivity contribution in [2.24, 2.45) is 0 Å². The molecule has 0 radical (unpaired) electrons. The Kier molecular flexibility index (Phi) is 4.64. The summed E-state index contributed by atoms with van der Waals surface area (Å²) in [5.41, 5.74) is 0.815. The van der Waals surface area contributed by atoms with Crippen LogP contribution in [0.3, 0.4) is 0 Å². The zero-order valence-electron chi connectivity index (χ0n) is 11.7. The lowest BCUT2D eigenvalue weighted by molar-refractivity contribution is -0.145. The van der Waals surface area contributed by atoms with E-state index < -0.39 is 5.54 Å². The van der Waals surface area contributed by atoms with Gasteiger partial charge in [0, 0.05) is 6.20 Å². The Morgan fingerprint density at radius 1 is 1.50 bits per heavy atom. The van der Waals surface area contributed by atoms with Crippen molar-refractivity contribution in [2.45, 2.75) is 46.1 Å². The number of carbonyl (C=O) groups excluding carboxylic acids is 1. The molecule has 1 unspecified atom stereocenters. The van der Waals surface area contributed by atoms with E-state index in [1.54, 1.807) is 6.20 Å². The zero-order chi connectivity index (χ0) is 13.8. The lowest BCUT2D eigenvalue weighted by Gasteiger charge is -2.28. The van der Waals surface area contributed by atoms with Crippen molar-refractivity contribution in [3.63, 3.8) is 0 Å². The van der Waals surface area contributed by atoms with E-state index in [0.717, 1.165) is 17.8 Å². The molecule has 1 aromatic heterocycles. The highest BCUT2D eigenvalue weighted by atomic mass is 16.5. The number of carbonyl (C=O) groups is 1. The van der Waals surface area contributed by atoms with Gasteiger partial charge < -0.3 is 10.1 Å². The highest BCUT2D eigenvalue weighted by Gasteiger charge is 2.34. The molecule has 0 aliphatic carbocycles. The number of esters is 1. The smallest absolute Gasteiger partial charge is 0.331 e. The van der Waals surface area contributed by atoms with Crippen molar-refractivity contribution < 1.29 is 9.53 Å². The molecule has 1 atom stereocenters. The second-order valence-corrected chi connectivity index (χ2v) is 4.64. The number of ether oxygens (including phenoxy) is 1. The normalized spacial score (nSPS) is 13.8. The monoisotopic (exact) mass is 251 g/mol. The van der Waals surface area contributed by atoms with Crippen LogP contribution >= 0.6 is 0 Å². The van der Waals surface area contributed by atoms with E-state index in [9.17, 15) is 4.79 Å². The molecule has 0 bridgehead atoms. The van der Waals surface area contributed by atoms with E-state index in [0.29, 0.717) is 12.2 Å². The number of aryl methyl sites for hydroxylation is 2. The van der Waals surface area contributed by atoms with E-state index in [4.69, 9.17) is 4.74 Å². The molecule has 100 valence electrons. The van der Waals surface area contributed by atoms with Gasteiger partial charge in [0.2, 0.25) is 0 Å². The second kappa shape index (κ2) is 5.80. The molecule has 0 aromatic carbocycles. The molecule has 1 rings (SSSR count). The molecule has 1 aromatic rings. The summed E-state index contributed by atoms with van der Waals surface area (Å²) in [6.45, 7) is 7.58. The first-order valence-corrected chi connectivity index (χ1v) is 6.09. The first kappa shape index (κ1) is 14.4. The van der Waals surface area contributed by atoms with E-state index >= 15 is 0 Å². The van der Waals surface area contributed by atoms with Gasteiger partial charge in [-0.25, -0.2) is 9.78 Å². The molecule has 0 spiro atoms. The number of methoxy groups -OCH3 is 1. The third-order valence-corrected chi connectivity index (χ3v) is 2.86. The highest BCUT2D eigenvalue weighted by Crippen LogP contribution is 2.22. The molecule has 18 heavy (non-hydrogen) atoms. The Labute approximate surface area is 108 Å². The van der Waals surface area contributed by atoms with Gasteiger partial charge in [0.05, 0.1) is 18.5 Å². The topological polar surface area (TPSA) is 64.1 Å². The molecule has 0 saturated heterocycles. The summed E-state index contributed by atoms with van der Waals surface area (Å²) in [7, 11) is 1.40. The average Bonchev–Trinajstić information content (AvgIpc) is 2.33. The van der Waals surface area contributed by atoms with Gasteiger partial charge in [-0.3, -0.25) is 4.98 Å². The zero-order valence-corrected chi connectivity index (χ0v) is 11.7. The van der Waals surface area contributed by atoms with Crippen molar-refractivity contribution in [2.75, 3.05) is 12.4 Å². The van der Waals surface area contributed by atoms with E-state index in [2.05, 4.69) is 15.3 Å². The molecule has 1 heterocycles. The first-order valence-electron chi connectivity index (χ1n) is 6.09. The van der Waals surface area contributed by atoms with Crippen LogP contribution in [-0.4, -0.2) is 28.6 Å². The van der Waals surface area contributed by atoms with Crippen LogP contribution in [0.5, 0.6) is 0 Å². The van der Waals surface area contributed by atoms with Crippen LogP contribution in [0.1, 0.15) is 38.1 Å². The van der Waals surface area contributed by atoms with Gasteiger partial charge in [-0.1, -0.05) is 13.3 Å². The number of nitrogens with zero attached hydrogens (tertiary/aromatic N) is 2. The number of aromatic nitrogens is 2. The molecule has 0 aliphatic heterocycles. The molecule has 0 amide bonds. The number of hydrogen-bond acceptors (Lipinski definition) is 5. The Hall–Kier alpha value is -1.65. The fourth-order valence-corrected chi connectivity index (χ4v) is 1.86. The van der Waals surface area contributed by atoms with Gasteiger partial charge >= 0.3 is 5.97 Å². The summed E-state index contributed by atoms with van der Waals surface area (Å²) in [5.74, 6) is 0.350. The Morgan fingerprint density at radius 3 is 2.72 bits per heavy atom. The summed E-state index contributed by atoms with van der Waals surface area (Å²) >= 11 is 0. The van der Waals surface area contributed by atoms with Crippen LogP contribution in [-0.2, 0) is 9.53 Å².